The number of amides is 1. The number of unbranched alkanes of at least 4 members (excludes halogenated alkanes) is 2. The number of halogens is 1. The van der Waals surface area contributed by atoms with Gasteiger partial charge in [0.15, 0.2) is 0 Å². The number of carbonyl (C=O) groups excluding carboxylic acids is 1. The molecule has 0 saturated carbocycles. The lowest BCUT2D eigenvalue weighted by Gasteiger charge is -2.07. The third kappa shape index (κ3) is 6.54. The van der Waals surface area contributed by atoms with Crippen molar-refractivity contribution in [2.75, 3.05) is 19.0 Å². The predicted molar refractivity (Wildman–Crippen MR) is 95.3 cm³/mol. The number of benzene rings is 1. The Morgan fingerprint density at radius 3 is 2.88 bits per heavy atom. The van der Waals surface area contributed by atoms with Crippen molar-refractivity contribution in [1.29, 1.82) is 0 Å². The third-order valence-electron chi connectivity index (χ3n) is 3.23. The van der Waals surface area contributed by atoms with Gasteiger partial charge >= 0.3 is 0 Å². The zero-order chi connectivity index (χ0) is 17.2. The van der Waals surface area contributed by atoms with Crippen LogP contribution in [0, 0.1) is 0 Å². The largest absolute Gasteiger partial charge is 0.494 e. The van der Waals surface area contributed by atoms with Gasteiger partial charge < -0.3 is 14.8 Å². The molecule has 1 heterocycles. The first kappa shape index (κ1) is 18.2. The molecule has 0 aliphatic heterocycles. The van der Waals surface area contributed by atoms with E-state index in [2.05, 4.69) is 31.2 Å². The normalized spacial score (nSPS) is 10.2. The van der Waals surface area contributed by atoms with E-state index in [4.69, 9.17) is 9.47 Å². The van der Waals surface area contributed by atoms with Crippen LogP contribution in [-0.4, -0.2) is 29.6 Å². The number of carbonyl (C=O) groups is 1. The molecule has 24 heavy (non-hydrogen) atoms. The molecule has 128 valence electrons. The highest BCUT2D eigenvalue weighted by Gasteiger charge is 2.05. The third-order valence-corrected chi connectivity index (χ3v) is 3.72. The Hall–Kier alpha value is -2.15. The highest BCUT2D eigenvalue weighted by atomic mass is 79.9. The number of ether oxygens (including phenoxy) is 2. The van der Waals surface area contributed by atoms with Crippen molar-refractivity contribution < 1.29 is 14.3 Å². The fourth-order valence-electron chi connectivity index (χ4n) is 2.04. The van der Waals surface area contributed by atoms with Crippen LogP contribution in [0.2, 0.25) is 0 Å². The van der Waals surface area contributed by atoms with E-state index in [1.807, 2.05) is 24.3 Å². The number of aromatic nitrogens is 2. The van der Waals surface area contributed by atoms with Gasteiger partial charge in [0, 0.05) is 17.0 Å². The van der Waals surface area contributed by atoms with E-state index < -0.39 is 0 Å². The second kappa shape index (κ2) is 9.87. The molecule has 0 bridgehead atoms. The maximum absolute atomic E-state index is 11.9. The molecule has 7 heteroatoms. The second-order valence-electron chi connectivity index (χ2n) is 5.11. The summed E-state index contributed by atoms with van der Waals surface area (Å²) in [5.41, 5.74) is 0. The lowest BCUT2D eigenvalue weighted by Crippen LogP contribution is -2.12. The zero-order valence-corrected chi connectivity index (χ0v) is 15.1. The molecule has 0 spiro atoms. The number of rotatable bonds is 9. The average Bonchev–Trinajstić information content (AvgIpc) is 2.58. The fraction of sp³-hybridized carbons (Fsp3) is 0.353. The first-order valence-corrected chi connectivity index (χ1v) is 8.51. The molecule has 1 aromatic heterocycles. The molecule has 0 aliphatic carbocycles. The summed E-state index contributed by atoms with van der Waals surface area (Å²) >= 11 is 3.41. The number of nitrogens with one attached hydrogen (secondary N) is 1. The van der Waals surface area contributed by atoms with Crippen molar-refractivity contribution in [2.24, 2.45) is 0 Å². The standard InChI is InChI=1S/C17H20BrN3O3/c1-23-17-11-15(19-12-20-17)21-16(22)8-3-2-4-9-24-14-7-5-6-13(18)10-14/h5-7,10-12H,2-4,8-9H2,1H3,(H,19,20,21,22). The van der Waals surface area contributed by atoms with Crippen LogP contribution in [0.25, 0.3) is 0 Å². The van der Waals surface area contributed by atoms with E-state index in [0.29, 0.717) is 24.7 Å². The Labute approximate surface area is 149 Å². The van der Waals surface area contributed by atoms with Crippen molar-refractivity contribution in [3.8, 4) is 11.6 Å². The molecule has 0 fully saturated rings. The van der Waals surface area contributed by atoms with Crippen LogP contribution in [0.1, 0.15) is 25.7 Å². The summed E-state index contributed by atoms with van der Waals surface area (Å²) < 4.78 is 11.6. The topological polar surface area (TPSA) is 73.3 Å². The molecular formula is C17H20BrN3O3. The summed E-state index contributed by atoms with van der Waals surface area (Å²) in [6.45, 7) is 0.640. The summed E-state index contributed by atoms with van der Waals surface area (Å²) in [6.07, 6.45) is 4.43. The number of hydrogen-bond donors (Lipinski definition) is 1. The molecule has 0 unspecified atom stereocenters. The summed E-state index contributed by atoms with van der Waals surface area (Å²) in [4.78, 5) is 19.7. The van der Waals surface area contributed by atoms with E-state index >= 15 is 0 Å². The lowest BCUT2D eigenvalue weighted by molar-refractivity contribution is -0.116. The monoisotopic (exact) mass is 393 g/mol. The molecule has 0 atom stereocenters. The SMILES string of the molecule is COc1cc(NC(=O)CCCCCOc2cccc(Br)c2)ncn1. The van der Waals surface area contributed by atoms with Gasteiger partial charge in [-0.05, 0) is 37.5 Å². The van der Waals surface area contributed by atoms with Crippen LogP contribution >= 0.6 is 15.9 Å². The highest BCUT2D eigenvalue weighted by molar-refractivity contribution is 9.10. The van der Waals surface area contributed by atoms with Crippen molar-refractivity contribution >= 4 is 27.7 Å². The maximum Gasteiger partial charge on any atom is 0.225 e. The van der Waals surface area contributed by atoms with Gasteiger partial charge in [0.25, 0.3) is 0 Å². The smallest absolute Gasteiger partial charge is 0.225 e. The van der Waals surface area contributed by atoms with E-state index in [-0.39, 0.29) is 5.91 Å². The molecule has 0 saturated heterocycles. The first-order chi connectivity index (χ1) is 11.7. The molecule has 1 amide bonds. The van der Waals surface area contributed by atoms with E-state index in [1.165, 1.54) is 13.4 Å². The summed E-state index contributed by atoms with van der Waals surface area (Å²) in [6, 6.07) is 9.34. The van der Waals surface area contributed by atoms with Crippen LogP contribution < -0.4 is 14.8 Å². The Morgan fingerprint density at radius 2 is 2.08 bits per heavy atom. The Bertz CT molecular complexity index is 667. The summed E-state index contributed by atoms with van der Waals surface area (Å²) in [5.74, 6) is 1.65. The maximum atomic E-state index is 11.9. The predicted octanol–water partition coefficient (Wildman–Crippen LogP) is 3.83. The van der Waals surface area contributed by atoms with Gasteiger partial charge in [-0.25, -0.2) is 9.97 Å². The van der Waals surface area contributed by atoms with Gasteiger partial charge in [-0.3, -0.25) is 4.79 Å². The van der Waals surface area contributed by atoms with Gasteiger partial charge in [-0.2, -0.15) is 0 Å². The van der Waals surface area contributed by atoms with Crippen LogP contribution in [0.15, 0.2) is 41.1 Å². The number of anilines is 1. The fourth-order valence-corrected chi connectivity index (χ4v) is 2.41. The van der Waals surface area contributed by atoms with Crippen molar-refractivity contribution in [1.82, 2.24) is 9.97 Å². The van der Waals surface area contributed by atoms with Gasteiger partial charge in [-0.1, -0.05) is 22.0 Å². The first-order valence-electron chi connectivity index (χ1n) is 7.71. The molecule has 0 aliphatic rings. The minimum Gasteiger partial charge on any atom is -0.494 e. The average molecular weight is 394 g/mol. The van der Waals surface area contributed by atoms with E-state index in [9.17, 15) is 4.79 Å². The molecule has 0 radical (unpaired) electrons. The summed E-state index contributed by atoms with van der Waals surface area (Å²) in [7, 11) is 1.52. The lowest BCUT2D eigenvalue weighted by atomic mass is 10.2. The molecule has 6 nitrogen and oxygen atoms in total. The van der Waals surface area contributed by atoms with Gasteiger partial charge in [0.1, 0.15) is 17.9 Å². The van der Waals surface area contributed by atoms with E-state index in [1.54, 1.807) is 6.07 Å². The molecule has 2 rings (SSSR count). The summed E-state index contributed by atoms with van der Waals surface area (Å²) in [5, 5.41) is 2.73. The quantitative estimate of drug-likeness (QED) is 0.655. The molecule has 1 N–H and O–H groups in total. The van der Waals surface area contributed by atoms with E-state index in [0.717, 1.165) is 29.5 Å². The van der Waals surface area contributed by atoms with Gasteiger partial charge in [0.2, 0.25) is 11.8 Å². The van der Waals surface area contributed by atoms with Crippen LogP contribution in [0.4, 0.5) is 5.82 Å². The van der Waals surface area contributed by atoms with Crippen molar-refractivity contribution in [3.63, 3.8) is 0 Å². The van der Waals surface area contributed by atoms with Crippen molar-refractivity contribution in [3.05, 3.63) is 41.1 Å². The Kier molecular flexibility index (Phi) is 7.48. The number of methoxy groups -OCH3 is 1. The van der Waals surface area contributed by atoms with Crippen molar-refractivity contribution in [2.45, 2.75) is 25.7 Å². The molecule has 1 aromatic carbocycles. The Balaban J connectivity index is 1.59. The number of nitrogens with zero attached hydrogens (tertiary/aromatic N) is 2. The minimum atomic E-state index is -0.0661. The van der Waals surface area contributed by atoms with Gasteiger partial charge in [0.05, 0.1) is 13.7 Å². The van der Waals surface area contributed by atoms with Crippen LogP contribution in [0.5, 0.6) is 11.6 Å². The highest BCUT2D eigenvalue weighted by Crippen LogP contribution is 2.18. The zero-order valence-electron chi connectivity index (χ0n) is 13.5. The Morgan fingerprint density at radius 1 is 1.21 bits per heavy atom. The molecule has 2 aromatic rings. The van der Waals surface area contributed by atoms with Crippen LogP contribution in [0.3, 0.4) is 0 Å². The second-order valence-corrected chi connectivity index (χ2v) is 6.03. The number of hydrogen-bond acceptors (Lipinski definition) is 5. The molecular weight excluding hydrogens is 374 g/mol. The van der Waals surface area contributed by atoms with Crippen LogP contribution in [-0.2, 0) is 4.79 Å². The van der Waals surface area contributed by atoms with Gasteiger partial charge in [-0.15, -0.1) is 0 Å². The minimum absolute atomic E-state index is 0.0661.